The van der Waals surface area contributed by atoms with Gasteiger partial charge in [-0.3, -0.25) is 4.79 Å². The molecule has 1 aliphatic heterocycles. The summed E-state index contributed by atoms with van der Waals surface area (Å²) in [6, 6.07) is 14.3. The molecule has 3 rings (SSSR count). The summed E-state index contributed by atoms with van der Waals surface area (Å²) in [5.41, 5.74) is 2.71. The number of hydrogen-bond acceptors (Lipinski definition) is 4. The van der Waals surface area contributed by atoms with Crippen LogP contribution < -0.4 is 9.46 Å². The Labute approximate surface area is 172 Å². The number of carbonyl (C=O) groups is 1. The lowest BCUT2D eigenvalue weighted by Gasteiger charge is -2.27. The van der Waals surface area contributed by atoms with Gasteiger partial charge in [-0.15, -0.1) is 0 Å². The van der Waals surface area contributed by atoms with Crippen molar-refractivity contribution in [1.29, 1.82) is 0 Å². The van der Waals surface area contributed by atoms with Gasteiger partial charge in [0.25, 0.3) is 5.91 Å². The van der Waals surface area contributed by atoms with E-state index in [1.807, 2.05) is 18.2 Å². The minimum atomic E-state index is -3.79. The zero-order chi connectivity index (χ0) is 21.0. The van der Waals surface area contributed by atoms with Crippen molar-refractivity contribution in [3.8, 4) is 5.75 Å². The first-order valence-corrected chi connectivity index (χ1v) is 11.0. The van der Waals surface area contributed by atoms with Crippen LogP contribution in [0, 0.1) is 0 Å². The fraction of sp³-hybridized carbons (Fsp3) is 0.318. The molecule has 7 heteroatoms. The number of methoxy groups -OCH3 is 1. The number of nitrogens with zero attached hydrogens (tertiary/aromatic N) is 1. The zero-order valence-corrected chi connectivity index (χ0v) is 17.7. The van der Waals surface area contributed by atoms with E-state index in [1.165, 1.54) is 24.8 Å². The second-order valence-corrected chi connectivity index (χ2v) is 8.92. The van der Waals surface area contributed by atoms with Crippen molar-refractivity contribution in [2.45, 2.75) is 31.2 Å². The second kappa shape index (κ2) is 8.80. The molecule has 0 radical (unpaired) electrons. The highest BCUT2D eigenvalue weighted by Gasteiger charge is 2.25. The smallest absolute Gasteiger partial charge is 0.254 e. The zero-order valence-electron chi connectivity index (χ0n) is 16.9. The molecule has 0 unspecified atom stereocenters. The van der Waals surface area contributed by atoms with Crippen molar-refractivity contribution in [3.63, 3.8) is 0 Å². The van der Waals surface area contributed by atoms with Gasteiger partial charge >= 0.3 is 0 Å². The Hall–Kier alpha value is -2.64. The van der Waals surface area contributed by atoms with E-state index in [4.69, 9.17) is 4.74 Å². The van der Waals surface area contributed by atoms with E-state index in [1.54, 1.807) is 24.8 Å². The molecule has 1 amide bonds. The average Bonchev–Trinajstić information content (AvgIpc) is 2.72. The van der Waals surface area contributed by atoms with Crippen LogP contribution in [0.3, 0.4) is 0 Å². The topological polar surface area (TPSA) is 75.7 Å². The third kappa shape index (κ3) is 4.86. The van der Waals surface area contributed by atoms with E-state index in [0.29, 0.717) is 18.7 Å². The van der Waals surface area contributed by atoms with Crippen LogP contribution in [-0.4, -0.2) is 45.5 Å². The maximum absolute atomic E-state index is 13.0. The standard InChI is InChI=1S/C22H26N2O4S/c1-16(2)23-29(26,27)21-15-19(9-10-20(21)28-3)22(25)24-13-11-18(12-14-24)17-7-5-4-6-8-17/h4-11,15-16,23H,12-14H2,1-3H3. The van der Waals surface area contributed by atoms with Crippen LogP contribution in [0.4, 0.5) is 0 Å². The molecule has 0 aromatic heterocycles. The van der Waals surface area contributed by atoms with E-state index >= 15 is 0 Å². The Morgan fingerprint density at radius 2 is 1.86 bits per heavy atom. The van der Waals surface area contributed by atoms with Gasteiger partial charge in [0.2, 0.25) is 10.0 Å². The van der Waals surface area contributed by atoms with E-state index in [2.05, 4.69) is 22.9 Å². The first kappa shape index (κ1) is 21.1. The van der Waals surface area contributed by atoms with Crippen molar-refractivity contribution in [2.24, 2.45) is 0 Å². The Kier molecular flexibility index (Phi) is 6.39. The molecule has 0 aliphatic carbocycles. The fourth-order valence-electron chi connectivity index (χ4n) is 3.34. The highest BCUT2D eigenvalue weighted by Crippen LogP contribution is 2.27. The summed E-state index contributed by atoms with van der Waals surface area (Å²) in [6.07, 6.45) is 2.81. The van der Waals surface area contributed by atoms with Crippen molar-refractivity contribution >= 4 is 21.5 Å². The van der Waals surface area contributed by atoms with Crippen molar-refractivity contribution in [1.82, 2.24) is 9.62 Å². The monoisotopic (exact) mass is 414 g/mol. The van der Waals surface area contributed by atoms with Crippen molar-refractivity contribution in [2.75, 3.05) is 20.2 Å². The molecule has 0 fully saturated rings. The van der Waals surface area contributed by atoms with Gasteiger partial charge in [-0.2, -0.15) is 0 Å². The molecular weight excluding hydrogens is 388 g/mol. The van der Waals surface area contributed by atoms with Crippen LogP contribution in [0.1, 0.15) is 36.2 Å². The molecule has 0 bridgehead atoms. The molecule has 29 heavy (non-hydrogen) atoms. The van der Waals surface area contributed by atoms with Gasteiger partial charge in [0.1, 0.15) is 10.6 Å². The van der Waals surface area contributed by atoms with Crippen molar-refractivity contribution in [3.05, 3.63) is 65.7 Å². The molecule has 1 N–H and O–H groups in total. The van der Waals surface area contributed by atoms with E-state index < -0.39 is 10.0 Å². The van der Waals surface area contributed by atoms with Crippen LogP contribution in [0.2, 0.25) is 0 Å². The first-order valence-electron chi connectivity index (χ1n) is 9.56. The Balaban J connectivity index is 1.83. The molecular formula is C22H26N2O4S. The van der Waals surface area contributed by atoms with Gasteiger partial charge < -0.3 is 9.64 Å². The summed E-state index contributed by atoms with van der Waals surface area (Å²) in [5, 5.41) is 0. The van der Waals surface area contributed by atoms with E-state index in [9.17, 15) is 13.2 Å². The van der Waals surface area contributed by atoms with Crippen molar-refractivity contribution < 1.29 is 17.9 Å². The summed E-state index contributed by atoms with van der Waals surface area (Å²) < 4.78 is 33.0. The largest absolute Gasteiger partial charge is 0.495 e. The van der Waals surface area contributed by atoms with Gasteiger partial charge in [0.15, 0.2) is 0 Å². The number of benzene rings is 2. The number of ether oxygens (including phenoxy) is 1. The number of carbonyl (C=O) groups excluding carboxylic acids is 1. The molecule has 0 atom stereocenters. The number of amides is 1. The summed E-state index contributed by atoms with van der Waals surface area (Å²) >= 11 is 0. The van der Waals surface area contributed by atoms with Crippen LogP contribution in [0.15, 0.2) is 59.5 Å². The molecule has 6 nitrogen and oxygen atoms in total. The molecule has 2 aromatic carbocycles. The number of nitrogens with one attached hydrogen (secondary N) is 1. The first-order chi connectivity index (χ1) is 13.8. The third-order valence-corrected chi connectivity index (χ3v) is 6.41. The van der Waals surface area contributed by atoms with E-state index in [0.717, 1.165) is 12.0 Å². The van der Waals surface area contributed by atoms with Gasteiger partial charge in [-0.05, 0) is 49.6 Å². The lowest BCUT2D eigenvalue weighted by atomic mass is 9.99. The van der Waals surface area contributed by atoms with Crippen LogP contribution >= 0.6 is 0 Å². The minimum Gasteiger partial charge on any atom is -0.495 e. The molecule has 1 aliphatic rings. The van der Waals surface area contributed by atoms with Gasteiger partial charge in [-0.25, -0.2) is 13.1 Å². The third-order valence-electron chi connectivity index (χ3n) is 4.73. The lowest BCUT2D eigenvalue weighted by Crippen LogP contribution is -2.35. The summed E-state index contributed by atoms with van der Waals surface area (Å²) in [4.78, 5) is 14.7. The summed E-state index contributed by atoms with van der Waals surface area (Å²) in [6.45, 7) is 4.55. The predicted octanol–water partition coefficient (Wildman–Crippen LogP) is 3.31. The predicted molar refractivity (Wildman–Crippen MR) is 113 cm³/mol. The molecule has 154 valence electrons. The Bertz CT molecular complexity index is 1010. The second-order valence-electron chi connectivity index (χ2n) is 7.24. The van der Waals surface area contributed by atoms with Crippen LogP contribution in [0.25, 0.3) is 5.57 Å². The molecule has 2 aromatic rings. The number of hydrogen-bond donors (Lipinski definition) is 1. The molecule has 0 spiro atoms. The molecule has 1 heterocycles. The minimum absolute atomic E-state index is 0.0305. The maximum atomic E-state index is 13.0. The Morgan fingerprint density at radius 1 is 1.14 bits per heavy atom. The molecule has 0 saturated heterocycles. The SMILES string of the molecule is COc1ccc(C(=O)N2CC=C(c3ccccc3)CC2)cc1S(=O)(=O)NC(C)C. The normalized spacial score (nSPS) is 14.6. The number of rotatable bonds is 6. The van der Waals surface area contributed by atoms with Crippen LogP contribution in [0.5, 0.6) is 5.75 Å². The van der Waals surface area contributed by atoms with Gasteiger partial charge in [0.05, 0.1) is 7.11 Å². The van der Waals surface area contributed by atoms with Crippen LogP contribution in [-0.2, 0) is 10.0 Å². The van der Waals surface area contributed by atoms with Gasteiger partial charge in [-0.1, -0.05) is 36.4 Å². The Morgan fingerprint density at radius 3 is 2.45 bits per heavy atom. The maximum Gasteiger partial charge on any atom is 0.254 e. The lowest BCUT2D eigenvalue weighted by molar-refractivity contribution is 0.0772. The van der Waals surface area contributed by atoms with Gasteiger partial charge in [0, 0.05) is 24.7 Å². The fourth-order valence-corrected chi connectivity index (χ4v) is 4.79. The quantitative estimate of drug-likeness (QED) is 0.787. The summed E-state index contributed by atoms with van der Waals surface area (Å²) in [7, 11) is -2.38. The summed E-state index contributed by atoms with van der Waals surface area (Å²) in [5.74, 6) is 0.0108. The highest BCUT2D eigenvalue weighted by molar-refractivity contribution is 7.89. The molecule has 0 saturated carbocycles. The number of sulfonamides is 1. The van der Waals surface area contributed by atoms with E-state index in [-0.39, 0.29) is 22.6 Å². The average molecular weight is 415 g/mol. The highest BCUT2D eigenvalue weighted by atomic mass is 32.2.